The maximum atomic E-state index is 9.98. The molecule has 0 bridgehead atoms. The lowest BCUT2D eigenvalue weighted by molar-refractivity contribution is -0.0126. The van der Waals surface area contributed by atoms with Gasteiger partial charge in [-0.3, -0.25) is 0 Å². The highest BCUT2D eigenvalue weighted by Gasteiger charge is 2.55. The minimum absolute atomic E-state index is 0.115. The Bertz CT molecular complexity index is 486. The summed E-state index contributed by atoms with van der Waals surface area (Å²) in [5.74, 6) is 2.49. The van der Waals surface area contributed by atoms with Gasteiger partial charge in [-0.25, -0.2) is 0 Å². The van der Waals surface area contributed by atoms with E-state index in [2.05, 4.69) is 25.7 Å². The van der Waals surface area contributed by atoms with E-state index in [0.29, 0.717) is 10.8 Å². The lowest BCUT2D eigenvalue weighted by Crippen LogP contribution is -2.48. The fourth-order valence-electron chi connectivity index (χ4n) is 6.18. The van der Waals surface area contributed by atoms with Crippen LogP contribution in [0.15, 0.2) is 17.4 Å². The molecule has 4 rings (SSSR count). The molecule has 0 aromatic rings. The van der Waals surface area contributed by atoms with Crippen molar-refractivity contribution in [2.45, 2.75) is 71.3 Å². The van der Waals surface area contributed by atoms with E-state index in [-0.39, 0.29) is 6.10 Å². The second-order valence-electron chi connectivity index (χ2n) is 8.48. The Morgan fingerprint density at radius 3 is 2.80 bits per heavy atom. The van der Waals surface area contributed by atoms with Crippen LogP contribution in [0.5, 0.6) is 0 Å². The molecular weight excluding hydrogens is 244 g/mol. The first-order valence-corrected chi connectivity index (χ1v) is 8.67. The highest BCUT2D eigenvalue weighted by Crippen LogP contribution is 2.63. The van der Waals surface area contributed by atoms with Crippen LogP contribution in [0.25, 0.3) is 0 Å². The zero-order valence-corrected chi connectivity index (χ0v) is 13.0. The third kappa shape index (κ3) is 1.66. The normalized spacial score (nSPS) is 53.9. The summed E-state index contributed by atoms with van der Waals surface area (Å²) in [6.45, 7) is 5.02. The lowest BCUT2D eigenvalue weighted by atomic mass is 9.49. The number of rotatable bonds is 0. The topological polar surface area (TPSA) is 20.2 Å². The van der Waals surface area contributed by atoms with Crippen LogP contribution in [0.4, 0.5) is 0 Å². The van der Waals surface area contributed by atoms with Crippen LogP contribution in [0.1, 0.15) is 65.2 Å². The maximum Gasteiger partial charge on any atom is 0.0584 e. The summed E-state index contributed by atoms with van der Waals surface area (Å²) in [7, 11) is 0. The maximum absolute atomic E-state index is 9.98. The molecule has 1 N–H and O–H groups in total. The first kappa shape index (κ1) is 13.2. The van der Waals surface area contributed by atoms with Crippen molar-refractivity contribution in [2.75, 3.05) is 0 Å². The van der Waals surface area contributed by atoms with Crippen LogP contribution in [-0.4, -0.2) is 11.2 Å². The molecule has 1 nitrogen and oxygen atoms in total. The Kier molecular flexibility index (Phi) is 2.79. The summed E-state index contributed by atoms with van der Waals surface area (Å²) < 4.78 is 0. The minimum Gasteiger partial charge on any atom is -0.393 e. The van der Waals surface area contributed by atoms with Gasteiger partial charge in [-0.2, -0.15) is 0 Å². The molecule has 4 aliphatic carbocycles. The Balaban J connectivity index is 1.74. The predicted octanol–water partition coefficient (Wildman–Crippen LogP) is 4.47. The van der Waals surface area contributed by atoms with Gasteiger partial charge in [0.15, 0.2) is 0 Å². The van der Waals surface area contributed by atoms with Crippen molar-refractivity contribution in [1.29, 1.82) is 0 Å². The summed E-state index contributed by atoms with van der Waals surface area (Å²) in [4.78, 5) is 0. The summed E-state index contributed by atoms with van der Waals surface area (Å²) >= 11 is 0. The molecule has 0 aromatic heterocycles. The molecule has 4 aliphatic rings. The van der Waals surface area contributed by atoms with E-state index in [1.54, 1.807) is 0 Å². The monoisotopic (exact) mass is 272 g/mol. The number of hydrogen-bond donors (Lipinski definition) is 1. The highest BCUT2D eigenvalue weighted by atomic mass is 16.3. The molecule has 110 valence electrons. The van der Waals surface area contributed by atoms with Gasteiger partial charge >= 0.3 is 0 Å². The molecule has 6 atom stereocenters. The zero-order chi connectivity index (χ0) is 14.0. The lowest BCUT2D eigenvalue weighted by Gasteiger charge is -2.55. The van der Waals surface area contributed by atoms with Crippen molar-refractivity contribution in [3.8, 4) is 0 Å². The Labute approximate surface area is 123 Å². The van der Waals surface area contributed by atoms with Crippen molar-refractivity contribution in [3.63, 3.8) is 0 Å². The van der Waals surface area contributed by atoms with E-state index in [9.17, 15) is 5.11 Å². The largest absolute Gasteiger partial charge is 0.393 e. The molecule has 20 heavy (non-hydrogen) atoms. The van der Waals surface area contributed by atoms with Crippen LogP contribution in [0.3, 0.4) is 0 Å². The summed E-state index contributed by atoms with van der Waals surface area (Å²) in [6.07, 6.45) is 12.5. The third-order valence-corrected chi connectivity index (χ3v) is 7.51. The van der Waals surface area contributed by atoms with Crippen molar-refractivity contribution in [3.05, 3.63) is 17.4 Å². The molecule has 3 fully saturated rings. The van der Waals surface area contributed by atoms with Crippen molar-refractivity contribution in [2.24, 2.45) is 28.6 Å². The van der Waals surface area contributed by atoms with Gasteiger partial charge < -0.3 is 5.11 Å². The summed E-state index contributed by atoms with van der Waals surface area (Å²) in [5, 5.41) is 9.98. The fraction of sp³-hybridized carbons (Fsp3) is 0.842. The van der Waals surface area contributed by atoms with Gasteiger partial charge in [0.2, 0.25) is 0 Å². The van der Waals surface area contributed by atoms with E-state index < -0.39 is 0 Å². The molecule has 0 spiro atoms. The molecule has 0 heterocycles. The van der Waals surface area contributed by atoms with Gasteiger partial charge in [0.1, 0.15) is 0 Å². The predicted molar refractivity (Wildman–Crippen MR) is 81.2 cm³/mol. The van der Waals surface area contributed by atoms with Gasteiger partial charge in [0, 0.05) is 6.42 Å². The SMILES string of the molecule is C[C@@]12CCC[C@H]1[C@@H]1C=C=C3C[C@@H](O)CC[C@]3(C)[C@H]1CC2. The average molecular weight is 272 g/mol. The van der Waals surface area contributed by atoms with Crippen LogP contribution in [0.2, 0.25) is 0 Å². The summed E-state index contributed by atoms with van der Waals surface area (Å²) in [6, 6.07) is 0. The van der Waals surface area contributed by atoms with Gasteiger partial charge in [0.05, 0.1) is 6.10 Å². The standard InChI is InChI=1S/C19H28O/c1-18-9-3-4-16(18)15-6-5-13-12-14(20)7-11-19(13,2)17(15)8-10-18/h6,14-17,20H,3-4,7-12H2,1-2H3/t14-,15-,16-,17-,18-,19-/m0/s1. The zero-order valence-electron chi connectivity index (χ0n) is 13.0. The molecule has 3 saturated carbocycles. The van der Waals surface area contributed by atoms with Gasteiger partial charge in [-0.05, 0) is 78.8 Å². The Hall–Kier alpha value is -0.520. The second kappa shape index (κ2) is 4.24. The first-order valence-electron chi connectivity index (χ1n) is 8.67. The van der Waals surface area contributed by atoms with Crippen LogP contribution < -0.4 is 0 Å². The van der Waals surface area contributed by atoms with Crippen LogP contribution >= 0.6 is 0 Å². The number of aliphatic hydroxyl groups is 1. The van der Waals surface area contributed by atoms with E-state index in [4.69, 9.17) is 0 Å². The molecular formula is C19H28O. The van der Waals surface area contributed by atoms with E-state index in [1.807, 2.05) is 0 Å². The number of aliphatic hydroxyl groups excluding tert-OH is 1. The fourth-order valence-corrected chi connectivity index (χ4v) is 6.18. The van der Waals surface area contributed by atoms with Gasteiger partial charge in [-0.15, -0.1) is 5.73 Å². The Morgan fingerprint density at radius 1 is 1.10 bits per heavy atom. The van der Waals surface area contributed by atoms with Crippen molar-refractivity contribution >= 4 is 0 Å². The molecule has 0 aliphatic heterocycles. The molecule has 0 amide bonds. The second-order valence-corrected chi connectivity index (χ2v) is 8.48. The summed E-state index contributed by atoms with van der Waals surface area (Å²) in [5.41, 5.74) is 6.03. The number of fused-ring (bicyclic) bond motifs is 5. The highest BCUT2D eigenvalue weighted by molar-refractivity contribution is 5.26. The molecule has 0 unspecified atom stereocenters. The Morgan fingerprint density at radius 2 is 1.95 bits per heavy atom. The number of hydrogen-bond acceptors (Lipinski definition) is 1. The minimum atomic E-state index is -0.115. The third-order valence-electron chi connectivity index (χ3n) is 7.51. The van der Waals surface area contributed by atoms with Gasteiger partial charge in [-0.1, -0.05) is 20.3 Å². The van der Waals surface area contributed by atoms with Crippen LogP contribution in [-0.2, 0) is 0 Å². The smallest absolute Gasteiger partial charge is 0.0584 e. The molecule has 0 saturated heterocycles. The van der Waals surface area contributed by atoms with Crippen molar-refractivity contribution < 1.29 is 5.11 Å². The van der Waals surface area contributed by atoms with E-state index in [0.717, 1.165) is 30.6 Å². The van der Waals surface area contributed by atoms with Gasteiger partial charge in [0.25, 0.3) is 0 Å². The van der Waals surface area contributed by atoms with E-state index in [1.165, 1.54) is 44.1 Å². The molecule has 1 heteroatoms. The average Bonchev–Trinajstić information content (AvgIpc) is 2.81. The van der Waals surface area contributed by atoms with Crippen molar-refractivity contribution in [1.82, 2.24) is 0 Å². The first-order chi connectivity index (χ1) is 9.53. The van der Waals surface area contributed by atoms with E-state index >= 15 is 0 Å². The molecule has 0 radical (unpaired) electrons. The quantitative estimate of drug-likeness (QED) is 0.645. The van der Waals surface area contributed by atoms with Crippen LogP contribution in [0, 0.1) is 28.6 Å². The molecule has 0 aromatic carbocycles.